The SMILES string of the molecule is Cc1noc(C)c1C(C)NCc1cc(Br)c(C)s1. The largest absolute Gasteiger partial charge is 0.361 e. The number of nitrogens with zero attached hydrogens (tertiary/aromatic N) is 1. The lowest BCUT2D eigenvalue weighted by Gasteiger charge is -2.12. The van der Waals surface area contributed by atoms with Crippen LogP contribution in [0.3, 0.4) is 0 Å². The van der Waals surface area contributed by atoms with E-state index in [1.807, 2.05) is 25.2 Å². The highest BCUT2D eigenvalue weighted by molar-refractivity contribution is 9.10. The molecular weight excluding hydrogens is 312 g/mol. The molecule has 0 saturated heterocycles. The second kappa shape index (κ2) is 5.55. The van der Waals surface area contributed by atoms with E-state index in [4.69, 9.17) is 4.52 Å². The van der Waals surface area contributed by atoms with E-state index in [-0.39, 0.29) is 6.04 Å². The standard InChI is InChI=1S/C13H17BrN2OS/c1-7(13-8(2)16-17-9(13)3)15-6-11-5-12(14)10(4)18-11/h5,7,15H,6H2,1-4H3. The summed E-state index contributed by atoms with van der Waals surface area (Å²) in [6, 6.07) is 2.42. The van der Waals surface area contributed by atoms with Gasteiger partial charge in [0.15, 0.2) is 0 Å². The Morgan fingerprint density at radius 1 is 1.44 bits per heavy atom. The van der Waals surface area contributed by atoms with Crippen molar-refractivity contribution in [2.75, 3.05) is 0 Å². The number of nitrogens with one attached hydrogen (secondary N) is 1. The van der Waals surface area contributed by atoms with Crippen molar-refractivity contribution in [1.82, 2.24) is 10.5 Å². The molecule has 0 aliphatic carbocycles. The van der Waals surface area contributed by atoms with Crippen molar-refractivity contribution in [3.63, 3.8) is 0 Å². The first-order valence-electron chi connectivity index (χ1n) is 5.90. The van der Waals surface area contributed by atoms with Crippen molar-refractivity contribution in [2.45, 2.75) is 40.3 Å². The van der Waals surface area contributed by atoms with Gasteiger partial charge in [-0.05, 0) is 49.7 Å². The molecule has 2 heterocycles. The Hall–Kier alpha value is -0.650. The molecule has 1 atom stereocenters. The van der Waals surface area contributed by atoms with Crippen LogP contribution in [0.4, 0.5) is 0 Å². The van der Waals surface area contributed by atoms with Crippen molar-refractivity contribution < 1.29 is 4.52 Å². The Labute approximate surface area is 120 Å². The zero-order valence-electron chi connectivity index (χ0n) is 11.0. The third-order valence-corrected chi connectivity index (χ3v) is 5.15. The van der Waals surface area contributed by atoms with E-state index in [9.17, 15) is 0 Å². The van der Waals surface area contributed by atoms with Crippen LogP contribution in [-0.2, 0) is 6.54 Å². The van der Waals surface area contributed by atoms with E-state index in [0.717, 1.165) is 18.0 Å². The summed E-state index contributed by atoms with van der Waals surface area (Å²) in [6.07, 6.45) is 0. The van der Waals surface area contributed by atoms with Gasteiger partial charge in [0.2, 0.25) is 0 Å². The number of halogens is 1. The first-order valence-corrected chi connectivity index (χ1v) is 7.51. The zero-order valence-corrected chi connectivity index (χ0v) is 13.4. The van der Waals surface area contributed by atoms with Gasteiger partial charge in [-0.25, -0.2) is 0 Å². The predicted molar refractivity (Wildman–Crippen MR) is 78.0 cm³/mol. The van der Waals surface area contributed by atoms with E-state index in [1.165, 1.54) is 19.8 Å². The van der Waals surface area contributed by atoms with Crippen LogP contribution in [0.2, 0.25) is 0 Å². The fraction of sp³-hybridized carbons (Fsp3) is 0.462. The number of rotatable bonds is 4. The first kappa shape index (κ1) is 13.8. The number of hydrogen-bond acceptors (Lipinski definition) is 4. The molecule has 98 valence electrons. The van der Waals surface area contributed by atoms with Crippen molar-refractivity contribution in [1.29, 1.82) is 0 Å². The minimum Gasteiger partial charge on any atom is -0.361 e. The molecule has 0 bridgehead atoms. The third-order valence-electron chi connectivity index (χ3n) is 3.01. The molecule has 5 heteroatoms. The molecule has 0 spiro atoms. The highest BCUT2D eigenvalue weighted by Crippen LogP contribution is 2.27. The van der Waals surface area contributed by atoms with Crippen LogP contribution >= 0.6 is 27.3 Å². The molecule has 0 aliphatic heterocycles. The molecule has 0 fully saturated rings. The average Bonchev–Trinajstić information content (AvgIpc) is 2.80. The summed E-state index contributed by atoms with van der Waals surface area (Å²) >= 11 is 5.36. The van der Waals surface area contributed by atoms with Crippen LogP contribution < -0.4 is 5.32 Å². The number of aromatic nitrogens is 1. The Bertz CT molecular complexity index is 508. The van der Waals surface area contributed by atoms with Crippen LogP contribution in [0.15, 0.2) is 15.1 Å². The van der Waals surface area contributed by atoms with Gasteiger partial charge in [0.1, 0.15) is 5.76 Å². The van der Waals surface area contributed by atoms with E-state index < -0.39 is 0 Å². The molecule has 0 saturated carbocycles. The molecule has 3 nitrogen and oxygen atoms in total. The molecule has 18 heavy (non-hydrogen) atoms. The minimum absolute atomic E-state index is 0.248. The summed E-state index contributed by atoms with van der Waals surface area (Å²) < 4.78 is 6.39. The third kappa shape index (κ3) is 2.84. The van der Waals surface area contributed by atoms with E-state index >= 15 is 0 Å². The number of aryl methyl sites for hydroxylation is 3. The van der Waals surface area contributed by atoms with E-state index in [0.29, 0.717) is 0 Å². The lowest BCUT2D eigenvalue weighted by Crippen LogP contribution is -2.18. The monoisotopic (exact) mass is 328 g/mol. The smallest absolute Gasteiger partial charge is 0.138 e. The lowest BCUT2D eigenvalue weighted by atomic mass is 10.1. The van der Waals surface area contributed by atoms with Crippen molar-refractivity contribution in [3.8, 4) is 0 Å². The highest BCUT2D eigenvalue weighted by atomic mass is 79.9. The van der Waals surface area contributed by atoms with Gasteiger partial charge in [0, 0.05) is 32.4 Å². The van der Waals surface area contributed by atoms with Crippen LogP contribution in [0.1, 0.15) is 39.7 Å². The maximum absolute atomic E-state index is 5.20. The normalized spacial score (nSPS) is 12.9. The Morgan fingerprint density at radius 2 is 2.17 bits per heavy atom. The van der Waals surface area contributed by atoms with Crippen LogP contribution in [0, 0.1) is 20.8 Å². The maximum atomic E-state index is 5.20. The van der Waals surface area contributed by atoms with Crippen molar-refractivity contribution in [3.05, 3.63) is 37.3 Å². The fourth-order valence-corrected chi connectivity index (χ4v) is 3.62. The first-order chi connectivity index (χ1) is 8.49. The quantitative estimate of drug-likeness (QED) is 0.910. The molecule has 1 N–H and O–H groups in total. The van der Waals surface area contributed by atoms with Gasteiger partial charge in [-0.15, -0.1) is 11.3 Å². The topological polar surface area (TPSA) is 38.1 Å². The zero-order chi connectivity index (χ0) is 13.3. The Morgan fingerprint density at radius 3 is 2.67 bits per heavy atom. The predicted octanol–water partition coefficient (Wildman–Crippen LogP) is 4.27. The maximum Gasteiger partial charge on any atom is 0.138 e. The molecule has 2 aromatic rings. The summed E-state index contributed by atoms with van der Waals surface area (Å²) in [7, 11) is 0. The molecular formula is C13H17BrN2OS. The number of hydrogen-bond donors (Lipinski definition) is 1. The Balaban J connectivity index is 2.02. The van der Waals surface area contributed by atoms with Crippen LogP contribution in [0.25, 0.3) is 0 Å². The minimum atomic E-state index is 0.248. The summed E-state index contributed by atoms with van der Waals surface area (Å²) in [6.45, 7) is 9.07. The van der Waals surface area contributed by atoms with Gasteiger partial charge in [-0.1, -0.05) is 5.16 Å². The molecule has 0 aliphatic rings. The van der Waals surface area contributed by atoms with Gasteiger partial charge in [0.25, 0.3) is 0 Å². The molecule has 1 unspecified atom stereocenters. The van der Waals surface area contributed by atoms with Crippen LogP contribution in [-0.4, -0.2) is 5.16 Å². The summed E-state index contributed by atoms with van der Waals surface area (Å²) in [5.74, 6) is 0.899. The average molecular weight is 329 g/mol. The van der Waals surface area contributed by atoms with Gasteiger partial charge < -0.3 is 9.84 Å². The van der Waals surface area contributed by atoms with Crippen molar-refractivity contribution in [2.24, 2.45) is 0 Å². The van der Waals surface area contributed by atoms with E-state index in [1.54, 1.807) is 0 Å². The molecule has 0 radical (unpaired) electrons. The lowest BCUT2D eigenvalue weighted by molar-refractivity contribution is 0.390. The molecule has 2 aromatic heterocycles. The fourth-order valence-electron chi connectivity index (χ4n) is 2.07. The van der Waals surface area contributed by atoms with Crippen LogP contribution in [0.5, 0.6) is 0 Å². The van der Waals surface area contributed by atoms with Gasteiger partial charge in [0.05, 0.1) is 5.69 Å². The van der Waals surface area contributed by atoms with Gasteiger partial charge >= 0.3 is 0 Å². The van der Waals surface area contributed by atoms with Gasteiger partial charge in [-0.2, -0.15) is 0 Å². The molecule has 0 aromatic carbocycles. The Kier molecular flexibility index (Phi) is 4.25. The van der Waals surface area contributed by atoms with Crippen molar-refractivity contribution >= 4 is 27.3 Å². The van der Waals surface area contributed by atoms with Gasteiger partial charge in [-0.3, -0.25) is 0 Å². The molecule has 0 amide bonds. The second-order valence-corrected chi connectivity index (χ2v) is 6.65. The summed E-state index contributed by atoms with van der Waals surface area (Å²) in [5.41, 5.74) is 2.14. The van der Waals surface area contributed by atoms with E-state index in [2.05, 4.69) is 46.3 Å². The summed E-state index contributed by atoms with van der Waals surface area (Å²) in [5, 5.41) is 7.50. The molecule has 2 rings (SSSR count). The number of thiophene rings is 1. The second-order valence-electron chi connectivity index (χ2n) is 4.46. The summed E-state index contributed by atoms with van der Waals surface area (Å²) in [4.78, 5) is 2.65. The highest BCUT2D eigenvalue weighted by Gasteiger charge is 2.16.